The molecule has 5 nitrogen and oxygen atoms in total. The Hall–Kier alpha value is -2.82. The molecule has 0 fully saturated rings. The van der Waals surface area contributed by atoms with E-state index in [-0.39, 0.29) is 18.0 Å². The maximum Gasteiger partial charge on any atom is 0.338 e. The Morgan fingerprint density at radius 2 is 1.76 bits per heavy atom. The van der Waals surface area contributed by atoms with E-state index in [1.165, 1.54) is 0 Å². The average molecular weight is 341 g/mol. The van der Waals surface area contributed by atoms with Crippen LogP contribution in [-0.4, -0.2) is 24.6 Å². The second-order valence-corrected chi connectivity index (χ2v) is 5.62. The van der Waals surface area contributed by atoms with Crippen molar-refractivity contribution in [1.29, 1.82) is 0 Å². The highest BCUT2D eigenvalue weighted by Gasteiger charge is 2.10. The normalized spacial score (nSPS) is 11.5. The lowest BCUT2D eigenvalue weighted by Gasteiger charge is -2.13. The summed E-state index contributed by atoms with van der Waals surface area (Å²) in [4.78, 5) is 24.0. The fraction of sp³-hybridized carbons (Fsp3) is 0.300. The van der Waals surface area contributed by atoms with Gasteiger partial charge in [-0.3, -0.25) is 4.79 Å². The standard InChI is InChI=1S/C20H23NO4/c1-4-14(3)25-18-8-6-7-16(13-18)19(22)21-17-11-9-15(10-12-17)20(23)24-5-2/h6-14H,4-5H2,1-3H3,(H,21,22). The van der Waals surface area contributed by atoms with Crippen molar-refractivity contribution >= 4 is 17.6 Å². The van der Waals surface area contributed by atoms with Gasteiger partial charge in [0, 0.05) is 11.3 Å². The third kappa shape index (κ3) is 5.35. The largest absolute Gasteiger partial charge is 0.491 e. The molecule has 0 aliphatic rings. The Labute approximate surface area is 148 Å². The topological polar surface area (TPSA) is 64.6 Å². The van der Waals surface area contributed by atoms with Crippen molar-refractivity contribution in [2.45, 2.75) is 33.3 Å². The number of esters is 1. The van der Waals surface area contributed by atoms with E-state index in [1.54, 1.807) is 49.4 Å². The summed E-state index contributed by atoms with van der Waals surface area (Å²) < 4.78 is 10.7. The minimum absolute atomic E-state index is 0.0914. The fourth-order valence-corrected chi connectivity index (χ4v) is 2.13. The minimum atomic E-state index is -0.379. The third-order valence-corrected chi connectivity index (χ3v) is 3.66. The van der Waals surface area contributed by atoms with Gasteiger partial charge in [-0.15, -0.1) is 0 Å². The molecular weight excluding hydrogens is 318 g/mol. The van der Waals surface area contributed by atoms with Crippen LogP contribution in [-0.2, 0) is 4.74 Å². The van der Waals surface area contributed by atoms with Crippen molar-refractivity contribution in [1.82, 2.24) is 0 Å². The molecule has 0 saturated carbocycles. The zero-order valence-electron chi connectivity index (χ0n) is 14.7. The van der Waals surface area contributed by atoms with Crippen LogP contribution >= 0.6 is 0 Å². The number of hydrogen-bond donors (Lipinski definition) is 1. The first-order valence-electron chi connectivity index (χ1n) is 8.38. The zero-order chi connectivity index (χ0) is 18.2. The number of anilines is 1. The predicted octanol–water partition coefficient (Wildman–Crippen LogP) is 4.29. The highest BCUT2D eigenvalue weighted by Crippen LogP contribution is 2.18. The second kappa shape index (κ2) is 8.87. The molecule has 1 N–H and O–H groups in total. The number of amides is 1. The number of ether oxygens (including phenoxy) is 2. The van der Waals surface area contributed by atoms with Gasteiger partial charge in [0.15, 0.2) is 0 Å². The number of hydrogen-bond acceptors (Lipinski definition) is 4. The van der Waals surface area contributed by atoms with Crippen LogP contribution in [0.15, 0.2) is 48.5 Å². The predicted molar refractivity (Wildman–Crippen MR) is 97.2 cm³/mol. The Morgan fingerprint density at radius 1 is 1.04 bits per heavy atom. The number of carbonyl (C=O) groups is 2. The molecule has 0 aliphatic carbocycles. The van der Waals surface area contributed by atoms with E-state index in [2.05, 4.69) is 5.32 Å². The summed E-state index contributed by atoms with van der Waals surface area (Å²) in [5.41, 5.74) is 1.56. The van der Waals surface area contributed by atoms with Crippen molar-refractivity contribution in [3.8, 4) is 5.75 Å². The molecule has 0 spiro atoms. The van der Waals surface area contributed by atoms with Gasteiger partial charge in [0.1, 0.15) is 5.75 Å². The average Bonchev–Trinajstić information content (AvgIpc) is 2.62. The van der Waals surface area contributed by atoms with Crippen LogP contribution in [0.4, 0.5) is 5.69 Å². The zero-order valence-corrected chi connectivity index (χ0v) is 14.7. The molecule has 0 radical (unpaired) electrons. The highest BCUT2D eigenvalue weighted by molar-refractivity contribution is 6.04. The molecule has 2 aromatic carbocycles. The third-order valence-electron chi connectivity index (χ3n) is 3.66. The molecule has 2 rings (SSSR count). The minimum Gasteiger partial charge on any atom is -0.491 e. The summed E-state index contributed by atoms with van der Waals surface area (Å²) in [6.45, 7) is 6.11. The second-order valence-electron chi connectivity index (χ2n) is 5.62. The Kier molecular flexibility index (Phi) is 6.57. The summed E-state index contributed by atoms with van der Waals surface area (Å²) in [6.07, 6.45) is 0.984. The molecule has 1 unspecified atom stereocenters. The van der Waals surface area contributed by atoms with Gasteiger partial charge in [-0.05, 0) is 62.7 Å². The van der Waals surface area contributed by atoms with Crippen LogP contribution in [0.5, 0.6) is 5.75 Å². The van der Waals surface area contributed by atoms with Crippen molar-refractivity contribution in [3.05, 3.63) is 59.7 Å². The molecule has 0 aliphatic heterocycles. The van der Waals surface area contributed by atoms with Gasteiger partial charge < -0.3 is 14.8 Å². The Morgan fingerprint density at radius 3 is 2.40 bits per heavy atom. The molecule has 0 saturated heterocycles. The van der Waals surface area contributed by atoms with Gasteiger partial charge in [-0.1, -0.05) is 13.0 Å². The molecule has 1 atom stereocenters. The van der Waals surface area contributed by atoms with Crippen LogP contribution in [0.25, 0.3) is 0 Å². The van der Waals surface area contributed by atoms with E-state index in [1.807, 2.05) is 19.9 Å². The van der Waals surface area contributed by atoms with Crippen LogP contribution < -0.4 is 10.1 Å². The van der Waals surface area contributed by atoms with E-state index < -0.39 is 0 Å². The maximum absolute atomic E-state index is 12.4. The lowest BCUT2D eigenvalue weighted by Crippen LogP contribution is -2.13. The van der Waals surface area contributed by atoms with Crippen molar-refractivity contribution in [3.63, 3.8) is 0 Å². The number of rotatable bonds is 7. The molecule has 0 heterocycles. The lowest BCUT2D eigenvalue weighted by atomic mass is 10.1. The first kappa shape index (κ1) is 18.5. The van der Waals surface area contributed by atoms with Crippen LogP contribution in [0.2, 0.25) is 0 Å². The molecule has 5 heteroatoms. The number of benzene rings is 2. The fourth-order valence-electron chi connectivity index (χ4n) is 2.13. The lowest BCUT2D eigenvalue weighted by molar-refractivity contribution is 0.0526. The molecule has 2 aromatic rings. The SMILES string of the molecule is CCOC(=O)c1ccc(NC(=O)c2cccc(OC(C)CC)c2)cc1. The van der Waals surface area contributed by atoms with Crippen LogP contribution in [0.1, 0.15) is 47.9 Å². The summed E-state index contributed by atoms with van der Waals surface area (Å²) in [7, 11) is 0. The van der Waals surface area contributed by atoms with Crippen molar-refractivity contribution in [2.24, 2.45) is 0 Å². The summed E-state index contributed by atoms with van der Waals surface area (Å²) in [6, 6.07) is 13.6. The highest BCUT2D eigenvalue weighted by atomic mass is 16.5. The van der Waals surface area contributed by atoms with Crippen molar-refractivity contribution in [2.75, 3.05) is 11.9 Å². The summed E-state index contributed by atoms with van der Waals surface area (Å²) in [5.74, 6) is 0.0495. The summed E-state index contributed by atoms with van der Waals surface area (Å²) >= 11 is 0. The smallest absolute Gasteiger partial charge is 0.338 e. The van der Waals surface area contributed by atoms with E-state index in [0.717, 1.165) is 6.42 Å². The first-order valence-corrected chi connectivity index (χ1v) is 8.38. The van der Waals surface area contributed by atoms with E-state index in [0.29, 0.717) is 29.2 Å². The first-order chi connectivity index (χ1) is 12.0. The quantitative estimate of drug-likeness (QED) is 0.763. The van der Waals surface area contributed by atoms with Gasteiger partial charge in [0.25, 0.3) is 5.91 Å². The van der Waals surface area contributed by atoms with Gasteiger partial charge >= 0.3 is 5.97 Å². The maximum atomic E-state index is 12.4. The van der Waals surface area contributed by atoms with E-state index >= 15 is 0 Å². The Bertz CT molecular complexity index is 725. The summed E-state index contributed by atoms with van der Waals surface area (Å²) in [5, 5.41) is 2.80. The van der Waals surface area contributed by atoms with Crippen LogP contribution in [0.3, 0.4) is 0 Å². The molecule has 0 aromatic heterocycles. The van der Waals surface area contributed by atoms with Gasteiger partial charge in [0.05, 0.1) is 18.3 Å². The molecular formula is C20H23NO4. The van der Waals surface area contributed by atoms with Crippen LogP contribution in [0, 0.1) is 0 Å². The number of nitrogens with one attached hydrogen (secondary N) is 1. The van der Waals surface area contributed by atoms with Gasteiger partial charge in [-0.2, -0.15) is 0 Å². The van der Waals surface area contributed by atoms with Crippen molar-refractivity contribution < 1.29 is 19.1 Å². The van der Waals surface area contributed by atoms with E-state index in [9.17, 15) is 9.59 Å². The van der Waals surface area contributed by atoms with Gasteiger partial charge in [0.2, 0.25) is 0 Å². The van der Waals surface area contributed by atoms with E-state index in [4.69, 9.17) is 9.47 Å². The number of carbonyl (C=O) groups excluding carboxylic acids is 2. The molecule has 1 amide bonds. The monoisotopic (exact) mass is 341 g/mol. The molecule has 25 heavy (non-hydrogen) atoms. The molecule has 132 valence electrons. The Balaban J connectivity index is 2.04. The van der Waals surface area contributed by atoms with Gasteiger partial charge in [-0.25, -0.2) is 4.79 Å². The molecule has 0 bridgehead atoms.